The highest BCUT2D eigenvalue weighted by molar-refractivity contribution is 5.87. The fourth-order valence-electron chi connectivity index (χ4n) is 2.00. The molecular formula is C15H23NO. The first-order valence-electron chi connectivity index (χ1n) is 6.30. The van der Waals surface area contributed by atoms with Gasteiger partial charge in [0.15, 0.2) is 0 Å². The first kappa shape index (κ1) is 13.8. The molecule has 0 saturated carbocycles. The van der Waals surface area contributed by atoms with Crippen molar-refractivity contribution in [2.24, 2.45) is 0 Å². The fraction of sp³-hybridized carbons (Fsp3) is 0.533. The molecule has 2 heteroatoms. The molecule has 0 spiro atoms. The molecule has 0 unspecified atom stereocenters. The van der Waals surface area contributed by atoms with Crippen molar-refractivity contribution in [3.05, 3.63) is 35.4 Å². The van der Waals surface area contributed by atoms with Gasteiger partial charge in [-0.05, 0) is 40.2 Å². The van der Waals surface area contributed by atoms with E-state index in [0.29, 0.717) is 0 Å². The summed E-state index contributed by atoms with van der Waals surface area (Å²) >= 11 is 0. The van der Waals surface area contributed by atoms with E-state index >= 15 is 0 Å². The Morgan fingerprint density at radius 2 is 1.59 bits per heavy atom. The molecule has 1 aromatic carbocycles. The maximum absolute atomic E-state index is 12.4. The van der Waals surface area contributed by atoms with Crippen LogP contribution in [0.25, 0.3) is 0 Å². The van der Waals surface area contributed by atoms with Crippen LogP contribution in [0.4, 0.5) is 0 Å². The van der Waals surface area contributed by atoms with Gasteiger partial charge in [0.2, 0.25) is 5.91 Å². The molecule has 0 aliphatic rings. The van der Waals surface area contributed by atoms with Crippen molar-refractivity contribution < 1.29 is 4.79 Å². The standard InChI is InChI=1S/C15H23NO/c1-6-16(7-2)14(17)15(4,5)13-10-8-12(3)9-11-13/h8-11H,6-7H2,1-5H3. The molecule has 0 aliphatic carbocycles. The second kappa shape index (κ2) is 5.35. The Morgan fingerprint density at radius 1 is 1.12 bits per heavy atom. The van der Waals surface area contributed by atoms with Crippen LogP contribution in [0.15, 0.2) is 24.3 Å². The molecule has 0 radical (unpaired) electrons. The minimum absolute atomic E-state index is 0.200. The summed E-state index contributed by atoms with van der Waals surface area (Å²) in [6.07, 6.45) is 0. The van der Waals surface area contributed by atoms with E-state index in [1.165, 1.54) is 5.56 Å². The van der Waals surface area contributed by atoms with Gasteiger partial charge in [-0.1, -0.05) is 29.8 Å². The van der Waals surface area contributed by atoms with E-state index in [2.05, 4.69) is 31.2 Å². The molecule has 1 aromatic rings. The summed E-state index contributed by atoms with van der Waals surface area (Å²) in [7, 11) is 0. The van der Waals surface area contributed by atoms with Crippen LogP contribution in [-0.2, 0) is 10.2 Å². The van der Waals surface area contributed by atoms with Gasteiger partial charge in [0.05, 0.1) is 5.41 Å². The molecule has 17 heavy (non-hydrogen) atoms. The molecule has 0 saturated heterocycles. The number of aryl methyl sites for hydroxylation is 1. The largest absolute Gasteiger partial charge is 0.343 e. The van der Waals surface area contributed by atoms with E-state index in [1.807, 2.05) is 32.6 Å². The van der Waals surface area contributed by atoms with E-state index < -0.39 is 5.41 Å². The van der Waals surface area contributed by atoms with Crippen LogP contribution in [-0.4, -0.2) is 23.9 Å². The number of amides is 1. The van der Waals surface area contributed by atoms with Crippen LogP contribution in [0.5, 0.6) is 0 Å². The predicted molar refractivity (Wildman–Crippen MR) is 72.1 cm³/mol. The Labute approximate surface area is 105 Å². The molecule has 1 amide bonds. The van der Waals surface area contributed by atoms with Gasteiger partial charge < -0.3 is 4.90 Å². The summed E-state index contributed by atoms with van der Waals surface area (Å²) in [4.78, 5) is 14.3. The van der Waals surface area contributed by atoms with Crippen molar-refractivity contribution in [1.82, 2.24) is 4.90 Å². The van der Waals surface area contributed by atoms with E-state index in [9.17, 15) is 4.79 Å². The van der Waals surface area contributed by atoms with Crippen LogP contribution in [0.1, 0.15) is 38.8 Å². The Morgan fingerprint density at radius 3 is 2.00 bits per heavy atom. The minimum atomic E-state index is -0.445. The van der Waals surface area contributed by atoms with E-state index in [-0.39, 0.29) is 5.91 Å². The van der Waals surface area contributed by atoms with E-state index in [1.54, 1.807) is 0 Å². The third-order valence-electron chi connectivity index (χ3n) is 3.36. The van der Waals surface area contributed by atoms with Crippen LogP contribution in [0, 0.1) is 6.92 Å². The van der Waals surface area contributed by atoms with Gasteiger partial charge in [-0.2, -0.15) is 0 Å². The molecule has 0 heterocycles. The number of carbonyl (C=O) groups excluding carboxylic acids is 1. The zero-order valence-corrected chi connectivity index (χ0v) is 11.6. The first-order chi connectivity index (χ1) is 7.93. The van der Waals surface area contributed by atoms with Gasteiger partial charge in [0, 0.05) is 13.1 Å². The summed E-state index contributed by atoms with van der Waals surface area (Å²) in [6.45, 7) is 11.6. The van der Waals surface area contributed by atoms with Crippen LogP contribution >= 0.6 is 0 Å². The monoisotopic (exact) mass is 233 g/mol. The van der Waals surface area contributed by atoms with Gasteiger partial charge in [0.25, 0.3) is 0 Å². The van der Waals surface area contributed by atoms with Crippen LogP contribution in [0.3, 0.4) is 0 Å². The topological polar surface area (TPSA) is 20.3 Å². The maximum atomic E-state index is 12.4. The van der Waals surface area contributed by atoms with Crippen molar-refractivity contribution >= 4 is 5.91 Å². The van der Waals surface area contributed by atoms with Crippen LogP contribution in [0.2, 0.25) is 0 Å². The molecular weight excluding hydrogens is 210 g/mol. The number of nitrogens with zero attached hydrogens (tertiary/aromatic N) is 1. The van der Waals surface area contributed by atoms with Crippen molar-refractivity contribution in [2.75, 3.05) is 13.1 Å². The minimum Gasteiger partial charge on any atom is -0.343 e. The normalized spacial score (nSPS) is 11.4. The van der Waals surface area contributed by atoms with E-state index in [0.717, 1.165) is 18.7 Å². The van der Waals surface area contributed by atoms with E-state index in [4.69, 9.17) is 0 Å². The van der Waals surface area contributed by atoms with Crippen molar-refractivity contribution in [1.29, 1.82) is 0 Å². The Bertz CT molecular complexity index is 374. The Balaban J connectivity index is 3.01. The summed E-state index contributed by atoms with van der Waals surface area (Å²) in [6, 6.07) is 8.23. The number of carbonyl (C=O) groups is 1. The smallest absolute Gasteiger partial charge is 0.232 e. The maximum Gasteiger partial charge on any atom is 0.232 e. The van der Waals surface area contributed by atoms with Crippen molar-refractivity contribution in [3.63, 3.8) is 0 Å². The van der Waals surface area contributed by atoms with Gasteiger partial charge >= 0.3 is 0 Å². The number of benzene rings is 1. The lowest BCUT2D eigenvalue weighted by Gasteiger charge is -2.31. The first-order valence-corrected chi connectivity index (χ1v) is 6.30. The Hall–Kier alpha value is -1.31. The quantitative estimate of drug-likeness (QED) is 0.782. The number of hydrogen-bond donors (Lipinski definition) is 0. The molecule has 0 aliphatic heterocycles. The van der Waals surface area contributed by atoms with Crippen molar-refractivity contribution in [3.8, 4) is 0 Å². The fourth-order valence-corrected chi connectivity index (χ4v) is 2.00. The number of hydrogen-bond acceptors (Lipinski definition) is 1. The highest BCUT2D eigenvalue weighted by atomic mass is 16.2. The highest BCUT2D eigenvalue weighted by Gasteiger charge is 2.32. The summed E-state index contributed by atoms with van der Waals surface area (Å²) in [5, 5.41) is 0. The van der Waals surface area contributed by atoms with Gasteiger partial charge in [-0.3, -0.25) is 4.79 Å². The lowest BCUT2D eigenvalue weighted by molar-refractivity contribution is -0.135. The number of rotatable bonds is 4. The molecule has 1 rings (SSSR count). The molecule has 2 nitrogen and oxygen atoms in total. The van der Waals surface area contributed by atoms with Crippen LogP contribution < -0.4 is 0 Å². The Kier molecular flexibility index (Phi) is 4.33. The van der Waals surface area contributed by atoms with Gasteiger partial charge in [0.1, 0.15) is 0 Å². The predicted octanol–water partition coefficient (Wildman–Crippen LogP) is 3.14. The average Bonchev–Trinajstić information content (AvgIpc) is 2.31. The SMILES string of the molecule is CCN(CC)C(=O)C(C)(C)c1ccc(C)cc1. The highest BCUT2D eigenvalue weighted by Crippen LogP contribution is 2.25. The summed E-state index contributed by atoms with van der Waals surface area (Å²) in [5.41, 5.74) is 1.86. The average molecular weight is 233 g/mol. The molecule has 0 N–H and O–H groups in total. The third-order valence-corrected chi connectivity index (χ3v) is 3.36. The molecule has 0 bridgehead atoms. The summed E-state index contributed by atoms with van der Waals surface area (Å²) < 4.78 is 0. The molecule has 0 atom stereocenters. The zero-order valence-electron chi connectivity index (χ0n) is 11.6. The zero-order chi connectivity index (χ0) is 13.1. The third kappa shape index (κ3) is 2.87. The van der Waals surface area contributed by atoms with Crippen molar-refractivity contribution in [2.45, 2.75) is 40.0 Å². The van der Waals surface area contributed by atoms with Gasteiger partial charge in [-0.25, -0.2) is 0 Å². The molecule has 94 valence electrons. The van der Waals surface area contributed by atoms with Gasteiger partial charge in [-0.15, -0.1) is 0 Å². The second-order valence-corrected chi connectivity index (χ2v) is 4.97. The number of likely N-dealkylation sites (N-methyl/N-ethyl adjacent to an activating group) is 1. The second-order valence-electron chi connectivity index (χ2n) is 4.97. The lowest BCUT2D eigenvalue weighted by Crippen LogP contribution is -2.43. The molecule has 0 aromatic heterocycles. The lowest BCUT2D eigenvalue weighted by atomic mass is 9.83. The molecule has 0 fully saturated rings. The summed E-state index contributed by atoms with van der Waals surface area (Å²) in [5.74, 6) is 0.200.